The summed E-state index contributed by atoms with van der Waals surface area (Å²) in [5.41, 5.74) is 8.39. The van der Waals surface area contributed by atoms with Crippen molar-refractivity contribution in [1.82, 2.24) is 5.43 Å². The summed E-state index contributed by atoms with van der Waals surface area (Å²) in [4.78, 5) is 0. The molecule has 0 saturated carbocycles. The second-order valence-corrected chi connectivity index (χ2v) is 4.26. The van der Waals surface area contributed by atoms with Gasteiger partial charge in [0, 0.05) is 0 Å². The SMILES string of the molecule is CCCCCCOc1ccc(/C=N/NC(=N)N)cc1. The molecule has 0 spiro atoms. The lowest BCUT2D eigenvalue weighted by Gasteiger charge is -2.05. The van der Waals surface area contributed by atoms with Gasteiger partial charge in [-0.3, -0.25) is 5.41 Å². The third kappa shape index (κ3) is 7.08. The first-order valence-corrected chi connectivity index (χ1v) is 6.58. The molecule has 0 amide bonds. The maximum absolute atomic E-state index is 6.95. The van der Waals surface area contributed by atoms with Crippen molar-refractivity contribution in [3.05, 3.63) is 29.8 Å². The molecule has 0 aliphatic rings. The van der Waals surface area contributed by atoms with Gasteiger partial charge in [0.2, 0.25) is 5.96 Å². The molecule has 19 heavy (non-hydrogen) atoms. The largest absolute Gasteiger partial charge is 0.494 e. The van der Waals surface area contributed by atoms with Crippen LogP contribution in [0, 0.1) is 5.41 Å². The maximum Gasteiger partial charge on any atom is 0.206 e. The molecule has 0 aromatic heterocycles. The molecule has 0 atom stereocenters. The Labute approximate surface area is 114 Å². The number of nitrogens with two attached hydrogens (primary N) is 1. The number of guanidine groups is 1. The lowest BCUT2D eigenvalue weighted by Crippen LogP contribution is -2.25. The van der Waals surface area contributed by atoms with E-state index in [1.807, 2.05) is 24.3 Å². The highest BCUT2D eigenvalue weighted by Crippen LogP contribution is 2.12. The van der Waals surface area contributed by atoms with Crippen LogP contribution in [0.1, 0.15) is 38.2 Å². The highest BCUT2D eigenvalue weighted by molar-refractivity contribution is 5.82. The van der Waals surface area contributed by atoms with E-state index in [0.717, 1.165) is 24.3 Å². The zero-order valence-electron chi connectivity index (χ0n) is 11.4. The van der Waals surface area contributed by atoms with Gasteiger partial charge < -0.3 is 10.5 Å². The highest BCUT2D eigenvalue weighted by Gasteiger charge is 1.94. The summed E-state index contributed by atoms with van der Waals surface area (Å²) in [6, 6.07) is 7.64. The minimum absolute atomic E-state index is 0.178. The summed E-state index contributed by atoms with van der Waals surface area (Å²) in [5.74, 6) is 0.691. The molecule has 5 nitrogen and oxygen atoms in total. The monoisotopic (exact) mass is 262 g/mol. The Kier molecular flexibility index (Phi) is 7.09. The second kappa shape index (κ2) is 8.97. The van der Waals surface area contributed by atoms with Gasteiger partial charge in [0.05, 0.1) is 12.8 Å². The fourth-order valence-corrected chi connectivity index (χ4v) is 1.55. The average Bonchev–Trinajstić information content (AvgIpc) is 2.40. The predicted molar refractivity (Wildman–Crippen MR) is 78.7 cm³/mol. The highest BCUT2D eigenvalue weighted by atomic mass is 16.5. The predicted octanol–water partition coefficient (Wildman–Crippen LogP) is 2.46. The maximum atomic E-state index is 6.95. The lowest BCUT2D eigenvalue weighted by molar-refractivity contribution is 0.305. The van der Waals surface area contributed by atoms with Crippen LogP contribution in [0.2, 0.25) is 0 Å². The van der Waals surface area contributed by atoms with Crippen LogP contribution in [0.5, 0.6) is 5.75 Å². The summed E-state index contributed by atoms with van der Waals surface area (Å²) in [6.45, 7) is 2.96. The zero-order valence-corrected chi connectivity index (χ0v) is 11.4. The number of benzene rings is 1. The van der Waals surface area contributed by atoms with E-state index in [-0.39, 0.29) is 5.96 Å². The molecule has 0 radical (unpaired) electrons. The molecule has 0 saturated heterocycles. The minimum Gasteiger partial charge on any atom is -0.494 e. The van der Waals surface area contributed by atoms with Crippen LogP contribution in [0.4, 0.5) is 0 Å². The van der Waals surface area contributed by atoms with Crippen LogP contribution in [0.3, 0.4) is 0 Å². The van der Waals surface area contributed by atoms with Crippen molar-refractivity contribution >= 4 is 12.2 Å². The Balaban J connectivity index is 2.31. The minimum atomic E-state index is -0.178. The molecular weight excluding hydrogens is 240 g/mol. The van der Waals surface area contributed by atoms with E-state index in [1.54, 1.807) is 6.21 Å². The van der Waals surface area contributed by atoms with Crippen molar-refractivity contribution < 1.29 is 4.74 Å². The van der Waals surface area contributed by atoms with Crippen LogP contribution >= 0.6 is 0 Å². The summed E-state index contributed by atoms with van der Waals surface area (Å²) in [5, 5.41) is 10.8. The Morgan fingerprint density at radius 2 is 2.05 bits per heavy atom. The molecule has 0 aliphatic carbocycles. The van der Waals surface area contributed by atoms with Crippen LogP contribution < -0.4 is 15.9 Å². The molecule has 0 aliphatic heterocycles. The van der Waals surface area contributed by atoms with Crippen LogP contribution in [0.25, 0.3) is 0 Å². The van der Waals surface area contributed by atoms with Crippen LogP contribution in [0.15, 0.2) is 29.4 Å². The lowest BCUT2D eigenvalue weighted by atomic mass is 10.2. The number of hydrogen-bond donors (Lipinski definition) is 3. The van der Waals surface area contributed by atoms with E-state index < -0.39 is 0 Å². The molecule has 1 aromatic rings. The standard InChI is InChI=1S/C14H22N4O/c1-2-3-4-5-10-19-13-8-6-12(7-9-13)11-17-18-14(15)16/h6-9,11H,2-5,10H2,1H3,(H4,15,16,18)/b17-11+. The van der Waals surface area contributed by atoms with Crippen LogP contribution in [-0.2, 0) is 0 Å². The average molecular weight is 262 g/mol. The first-order valence-electron chi connectivity index (χ1n) is 6.58. The summed E-state index contributed by atoms with van der Waals surface area (Å²) < 4.78 is 5.64. The van der Waals surface area contributed by atoms with Crippen molar-refractivity contribution in [2.24, 2.45) is 10.8 Å². The molecule has 0 heterocycles. The number of hydrogen-bond acceptors (Lipinski definition) is 3. The fourth-order valence-electron chi connectivity index (χ4n) is 1.55. The van der Waals surface area contributed by atoms with Crippen LogP contribution in [-0.4, -0.2) is 18.8 Å². The van der Waals surface area contributed by atoms with Gasteiger partial charge in [0.1, 0.15) is 5.75 Å². The number of nitrogens with zero attached hydrogens (tertiary/aromatic N) is 1. The zero-order chi connectivity index (χ0) is 13.9. The molecule has 0 fully saturated rings. The molecule has 1 aromatic carbocycles. The summed E-state index contributed by atoms with van der Waals surface area (Å²) in [6.07, 6.45) is 6.42. The molecule has 4 N–H and O–H groups in total. The Morgan fingerprint density at radius 1 is 1.32 bits per heavy atom. The molecule has 0 bridgehead atoms. The van der Waals surface area contributed by atoms with Gasteiger partial charge in [0.15, 0.2) is 0 Å². The number of hydrazone groups is 1. The van der Waals surface area contributed by atoms with Crippen molar-refractivity contribution in [3.8, 4) is 5.75 Å². The smallest absolute Gasteiger partial charge is 0.206 e. The second-order valence-electron chi connectivity index (χ2n) is 4.26. The van der Waals surface area contributed by atoms with E-state index in [1.165, 1.54) is 19.3 Å². The van der Waals surface area contributed by atoms with E-state index in [9.17, 15) is 0 Å². The van der Waals surface area contributed by atoms with Crippen molar-refractivity contribution in [1.29, 1.82) is 5.41 Å². The van der Waals surface area contributed by atoms with Crippen molar-refractivity contribution in [3.63, 3.8) is 0 Å². The number of unbranched alkanes of at least 4 members (excludes halogenated alkanes) is 3. The third-order valence-corrected chi connectivity index (χ3v) is 2.55. The quantitative estimate of drug-likeness (QED) is 0.291. The van der Waals surface area contributed by atoms with Crippen molar-refractivity contribution in [2.45, 2.75) is 32.6 Å². The first kappa shape index (κ1) is 15.0. The topological polar surface area (TPSA) is 83.5 Å². The van der Waals surface area contributed by atoms with E-state index in [2.05, 4.69) is 17.5 Å². The fraction of sp³-hybridized carbons (Fsp3) is 0.429. The third-order valence-electron chi connectivity index (χ3n) is 2.55. The normalized spacial score (nSPS) is 10.6. The van der Waals surface area contributed by atoms with Gasteiger partial charge in [-0.15, -0.1) is 0 Å². The molecular formula is C14H22N4O. The summed E-state index contributed by atoms with van der Waals surface area (Å²) >= 11 is 0. The van der Waals surface area contributed by atoms with Gasteiger partial charge in [-0.05, 0) is 36.2 Å². The van der Waals surface area contributed by atoms with E-state index in [4.69, 9.17) is 15.9 Å². The van der Waals surface area contributed by atoms with Gasteiger partial charge >= 0.3 is 0 Å². The van der Waals surface area contributed by atoms with Gasteiger partial charge in [-0.1, -0.05) is 26.2 Å². The Morgan fingerprint density at radius 3 is 2.68 bits per heavy atom. The Hall–Kier alpha value is -2.04. The molecule has 0 unspecified atom stereocenters. The van der Waals surface area contributed by atoms with Gasteiger partial charge in [-0.2, -0.15) is 5.10 Å². The van der Waals surface area contributed by atoms with E-state index >= 15 is 0 Å². The number of ether oxygens (including phenoxy) is 1. The number of rotatable bonds is 8. The Bertz CT molecular complexity index is 400. The van der Waals surface area contributed by atoms with Gasteiger partial charge in [-0.25, -0.2) is 5.43 Å². The summed E-state index contributed by atoms with van der Waals surface area (Å²) in [7, 11) is 0. The van der Waals surface area contributed by atoms with Gasteiger partial charge in [0.25, 0.3) is 0 Å². The van der Waals surface area contributed by atoms with Crippen molar-refractivity contribution in [2.75, 3.05) is 6.61 Å². The molecule has 5 heteroatoms. The molecule has 1 rings (SSSR count). The number of nitrogens with one attached hydrogen (secondary N) is 2. The first-order chi connectivity index (χ1) is 9.22. The molecule has 104 valence electrons. The van der Waals surface area contributed by atoms with E-state index in [0.29, 0.717) is 0 Å².